The van der Waals surface area contributed by atoms with Crippen LogP contribution in [0.2, 0.25) is 0 Å². The van der Waals surface area contributed by atoms with Crippen LogP contribution in [0.15, 0.2) is 48.5 Å². The summed E-state index contributed by atoms with van der Waals surface area (Å²) in [5.74, 6) is 0.500. The third kappa shape index (κ3) is 4.77. The first-order valence-electron chi connectivity index (χ1n) is 7.88. The van der Waals surface area contributed by atoms with Crippen LogP contribution in [0.4, 0.5) is 39.3 Å². The van der Waals surface area contributed by atoms with Gasteiger partial charge in [0.25, 0.3) is 0 Å². The Bertz CT molecular complexity index is 873. The Labute approximate surface area is 149 Å². The monoisotopic (exact) mass is 355 g/mol. The summed E-state index contributed by atoms with van der Waals surface area (Å²) >= 11 is 0. The van der Waals surface area contributed by atoms with Crippen LogP contribution < -0.4 is 21.7 Å². The lowest BCUT2D eigenvalue weighted by Crippen LogP contribution is -2.12. The van der Waals surface area contributed by atoms with Gasteiger partial charge in [-0.2, -0.15) is 15.0 Å². The summed E-state index contributed by atoms with van der Waals surface area (Å²) in [6, 6.07) is 13.0. The predicted octanol–water partition coefficient (Wildman–Crippen LogP) is 2.48. The summed E-state index contributed by atoms with van der Waals surface area (Å²) < 4.78 is 13.0. The molecular formula is C17H18FN7O. The molecule has 1 aromatic heterocycles. The smallest absolute Gasteiger partial charge is 0.233 e. The van der Waals surface area contributed by atoms with Crippen molar-refractivity contribution in [1.82, 2.24) is 15.0 Å². The van der Waals surface area contributed by atoms with Gasteiger partial charge < -0.3 is 26.8 Å². The van der Waals surface area contributed by atoms with Crippen molar-refractivity contribution in [3.8, 4) is 0 Å². The zero-order chi connectivity index (χ0) is 18.4. The number of aromatic nitrogens is 3. The zero-order valence-corrected chi connectivity index (χ0v) is 13.8. The van der Waals surface area contributed by atoms with E-state index in [2.05, 4.69) is 30.9 Å². The Morgan fingerprint density at radius 3 is 2.19 bits per heavy atom. The number of nitrogen functional groups attached to an aromatic ring is 1. The molecule has 0 radical (unpaired) electrons. The minimum Gasteiger partial charge on any atom is -0.399 e. The van der Waals surface area contributed by atoms with Crippen molar-refractivity contribution in [3.63, 3.8) is 0 Å². The van der Waals surface area contributed by atoms with E-state index < -0.39 is 0 Å². The fourth-order valence-corrected chi connectivity index (χ4v) is 2.14. The summed E-state index contributed by atoms with van der Waals surface area (Å²) in [6.07, 6.45) is 0. The van der Waals surface area contributed by atoms with E-state index in [1.807, 2.05) is 6.07 Å². The lowest BCUT2D eigenvalue weighted by Gasteiger charge is -2.11. The molecule has 26 heavy (non-hydrogen) atoms. The van der Waals surface area contributed by atoms with E-state index in [4.69, 9.17) is 10.8 Å². The first kappa shape index (κ1) is 17.4. The molecule has 0 aliphatic rings. The van der Waals surface area contributed by atoms with E-state index in [-0.39, 0.29) is 36.8 Å². The zero-order valence-electron chi connectivity index (χ0n) is 13.8. The van der Waals surface area contributed by atoms with Crippen LogP contribution in [0, 0.1) is 5.82 Å². The Balaban J connectivity index is 1.86. The molecule has 0 unspecified atom stereocenters. The molecule has 3 rings (SSSR count). The molecule has 2 aromatic carbocycles. The second-order valence-electron chi connectivity index (χ2n) is 5.34. The molecule has 0 aliphatic heterocycles. The van der Waals surface area contributed by atoms with E-state index in [0.29, 0.717) is 11.4 Å². The van der Waals surface area contributed by atoms with Crippen LogP contribution in [0.5, 0.6) is 0 Å². The number of aliphatic hydroxyl groups is 1. The van der Waals surface area contributed by atoms with E-state index in [0.717, 1.165) is 5.69 Å². The molecule has 9 heteroatoms. The van der Waals surface area contributed by atoms with Gasteiger partial charge in [-0.1, -0.05) is 6.07 Å². The van der Waals surface area contributed by atoms with Crippen molar-refractivity contribution < 1.29 is 9.50 Å². The molecule has 0 atom stereocenters. The van der Waals surface area contributed by atoms with Gasteiger partial charge in [0.1, 0.15) is 5.82 Å². The number of rotatable bonds is 7. The van der Waals surface area contributed by atoms with Crippen molar-refractivity contribution >= 4 is 34.9 Å². The maximum Gasteiger partial charge on any atom is 0.233 e. The largest absolute Gasteiger partial charge is 0.399 e. The third-order valence-corrected chi connectivity index (χ3v) is 3.27. The maximum absolute atomic E-state index is 13.0. The molecule has 6 N–H and O–H groups in total. The van der Waals surface area contributed by atoms with Gasteiger partial charge in [0.15, 0.2) is 0 Å². The number of benzene rings is 2. The van der Waals surface area contributed by atoms with Gasteiger partial charge >= 0.3 is 0 Å². The molecule has 0 saturated heterocycles. The Morgan fingerprint density at radius 1 is 0.885 bits per heavy atom. The van der Waals surface area contributed by atoms with Crippen LogP contribution in [-0.4, -0.2) is 33.2 Å². The molecular weight excluding hydrogens is 337 g/mol. The third-order valence-electron chi connectivity index (χ3n) is 3.27. The van der Waals surface area contributed by atoms with E-state index in [1.165, 1.54) is 12.1 Å². The van der Waals surface area contributed by atoms with Crippen LogP contribution in [0.25, 0.3) is 0 Å². The van der Waals surface area contributed by atoms with Crippen molar-refractivity contribution in [2.24, 2.45) is 0 Å². The number of hydrogen-bond acceptors (Lipinski definition) is 8. The highest BCUT2D eigenvalue weighted by Crippen LogP contribution is 2.20. The van der Waals surface area contributed by atoms with Crippen molar-refractivity contribution in [2.75, 3.05) is 34.8 Å². The van der Waals surface area contributed by atoms with Crippen LogP contribution in [0.3, 0.4) is 0 Å². The van der Waals surface area contributed by atoms with Crippen LogP contribution >= 0.6 is 0 Å². The summed E-state index contributed by atoms with van der Waals surface area (Å²) in [6.45, 7) is 0.224. The quantitative estimate of drug-likeness (QED) is 0.410. The highest BCUT2D eigenvalue weighted by molar-refractivity contribution is 5.62. The molecule has 0 spiro atoms. The Morgan fingerprint density at radius 2 is 1.54 bits per heavy atom. The summed E-state index contributed by atoms with van der Waals surface area (Å²) in [7, 11) is 0. The number of halogens is 1. The number of nitrogens with one attached hydrogen (secondary N) is 3. The molecule has 0 saturated carbocycles. The van der Waals surface area contributed by atoms with Gasteiger partial charge in [0, 0.05) is 23.6 Å². The van der Waals surface area contributed by atoms with Crippen molar-refractivity contribution in [3.05, 3.63) is 54.3 Å². The van der Waals surface area contributed by atoms with Gasteiger partial charge in [0.2, 0.25) is 17.8 Å². The van der Waals surface area contributed by atoms with Crippen molar-refractivity contribution in [2.45, 2.75) is 0 Å². The second kappa shape index (κ2) is 8.08. The normalized spacial score (nSPS) is 10.4. The number of nitrogens with two attached hydrogens (primary N) is 1. The minimum atomic E-state index is -0.333. The average Bonchev–Trinajstić information content (AvgIpc) is 2.62. The van der Waals surface area contributed by atoms with Gasteiger partial charge in [0.05, 0.1) is 6.61 Å². The van der Waals surface area contributed by atoms with Gasteiger partial charge in [-0.05, 0) is 42.5 Å². The van der Waals surface area contributed by atoms with E-state index in [9.17, 15) is 4.39 Å². The number of hydrogen-bond donors (Lipinski definition) is 5. The van der Waals surface area contributed by atoms with Crippen LogP contribution in [-0.2, 0) is 0 Å². The number of anilines is 6. The summed E-state index contributed by atoms with van der Waals surface area (Å²) in [4.78, 5) is 12.8. The van der Waals surface area contributed by atoms with Crippen LogP contribution in [0.1, 0.15) is 0 Å². The fourth-order valence-electron chi connectivity index (χ4n) is 2.14. The molecule has 3 aromatic rings. The molecule has 0 bridgehead atoms. The molecule has 134 valence electrons. The Kier molecular flexibility index (Phi) is 5.40. The molecule has 0 fully saturated rings. The molecule has 0 aliphatic carbocycles. The highest BCUT2D eigenvalue weighted by Gasteiger charge is 2.08. The lowest BCUT2D eigenvalue weighted by molar-refractivity contribution is 0.311. The van der Waals surface area contributed by atoms with E-state index >= 15 is 0 Å². The topological polar surface area (TPSA) is 121 Å². The van der Waals surface area contributed by atoms with Gasteiger partial charge in [-0.25, -0.2) is 4.39 Å². The lowest BCUT2D eigenvalue weighted by atomic mass is 10.3. The van der Waals surface area contributed by atoms with Gasteiger partial charge in [-0.15, -0.1) is 0 Å². The molecule has 8 nitrogen and oxygen atoms in total. The first-order chi connectivity index (χ1) is 12.6. The van der Waals surface area contributed by atoms with Crippen molar-refractivity contribution in [1.29, 1.82) is 0 Å². The number of aliphatic hydroxyl groups excluding tert-OH is 1. The van der Waals surface area contributed by atoms with Gasteiger partial charge in [-0.3, -0.25) is 0 Å². The Hall–Kier alpha value is -3.46. The summed E-state index contributed by atoms with van der Waals surface area (Å²) in [5.41, 5.74) is 7.72. The number of nitrogens with zero attached hydrogens (tertiary/aromatic N) is 3. The first-order valence-corrected chi connectivity index (χ1v) is 7.88. The average molecular weight is 355 g/mol. The highest BCUT2D eigenvalue weighted by atomic mass is 19.1. The predicted molar refractivity (Wildman–Crippen MR) is 99.2 cm³/mol. The fraction of sp³-hybridized carbons (Fsp3) is 0.118. The summed E-state index contributed by atoms with van der Waals surface area (Å²) in [5, 5.41) is 17.9. The maximum atomic E-state index is 13.0. The second-order valence-corrected chi connectivity index (χ2v) is 5.34. The standard InChI is InChI=1S/C17H18FN7O/c18-11-4-6-13(7-5-11)21-16-23-15(20-8-9-26)24-17(25-16)22-14-3-1-2-12(19)10-14/h1-7,10,26H,8-9,19H2,(H3,20,21,22,23,24,25). The molecule has 1 heterocycles. The SMILES string of the molecule is Nc1cccc(Nc2nc(NCCO)nc(Nc3ccc(F)cc3)n2)c1. The van der Waals surface area contributed by atoms with E-state index in [1.54, 1.807) is 30.3 Å². The molecule has 0 amide bonds. The minimum absolute atomic E-state index is 0.0651.